The Kier molecular flexibility index (Phi) is 5.40. The van der Waals surface area contributed by atoms with Gasteiger partial charge in [0, 0.05) is 5.75 Å². The summed E-state index contributed by atoms with van der Waals surface area (Å²) in [4.78, 5) is 10.5. The second-order valence-electron chi connectivity index (χ2n) is 2.30. The highest BCUT2D eigenvalue weighted by atomic mass is 32.2. The molecule has 0 saturated carbocycles. The lowest BCUT2D eigenvalue weighted by Crippen LogP contribution is -1.95. The van der Waals surface area contributed by atoms with Crippen LogP contribution >= 0.6 is 11.8 Å². The van der Waals surface area contributed by atoms with Crippen LogP contribution in [0, 0.1) is 0 Å². The molecule has 0 unspecified atom stereocenters. The van der Waals surface area contributed by atoms with Gasteiger partial charge in [-0.25, -0.2) is 0 Å². The third-order valence-electron chi connectivity index (χ3n) is 1.11. The van der Waals surface area contributed by atoms with Crippen LogP contribution in [0.15, 0.2) is 12.2 Å². The van der Waals surface area contributed by atoms with Crippen molar-refractivity contribution < 1.29 is 4.79 Å². The number of Topliss-reactive ketones (excluding diaryl/α,β-unsaturated/α-hetero) is 1. The van der Waals surface area contributed by atoms with Gasteiger partial charge < -0.3 is 0 Å². The molecule has 0 aliphatic carbocycles. The second kappa shape index (κ2) is 5.54. The third-order valence-corrected chi connectivity index (χ3v) is 2.33. The van der Waals surface area contributed by atoms with E-state index in [-0.39, 0.29) is 5.78 Å². The summed E-state index contributed by atoms with van der Waals surface area (Å²) in [6, 6.07) is 0. The lowest BCUT2D eigenvalue weighted by Gasteiger charge is -1.98. The molecule has 0 amide bonds. The first-order valence-corrected chi connectivity index (χ1v) is 4.56. The fourth-order valence-electron chi connectivity index (χ4n) is 0.441. The molecule has 0 aliphatic heterocycles. The van der Waals surface area contributed by atoms with Crippen LogP contribution in [0.5, 0.6) is 0 Å². The molecule has 0 rings (SSSR count). The molecule has 0 aliphatic rings. The average Bonchev–Trinajstić information content (AvgIpc) is 1.87. The smallest absolute Gasteiger partial charge is 0.139 e. The first-order chi connectivity index (χ1) is 4.66. The maximum absolute atomic E-state index is 10.5. The Hall–Kier alpha value is -0.240. The normalized spacial score (nSPS) is 9.40. The number of hydrogen-bond donors (Lipinski definition) is 0. The Morgan fingerprint density at radius 3 is 2.50 bits per heavy atom. The van der Waals surface area contributed by atoms with Crippen LogP contribution in [-0.4, -0.2) is 17.3 Å². The topological polar surface area (TPSA) is 17.1 Å². The van der Waals surface area contributed by atoms with Crippen LogP contribution in [0.25, 0.3) is 0 Å². The van der Waals surface area contributed by atoms with Crippen LogP contribution in [0.4, 0.5) is 0 Å². The molecule has 0 saturated heterocycles. The maximum Gasteiger partial charge on any atom is 0.139 e. The van der Waals surface area contributed by atoms with Crippen LogP contribution < -0.4 is 0 Å². The van der Waals surface area contributed by atoms with E-state index < -0.39 is 0 Å². The fourth-order valence-corrected chi connectivity index (χ4v) is 1.32. The van der Waals surface area contributed by atoms with Gasteiger partial charge in [-0.3, -0.25) is 4.79 Å². The molecule has 0 heterocycles. The van der Waals surface area contributed by atoms with E-state index >= 15 is 0 Å². The zero-order valence-electron chi connectivity index (χ0n) is 6.64. The van der Waals surface area contributed by atoms with Crippen molar-refractivity contribution in [2.45, 2.75) is 20.3 Å². The molecule has 0 radical (unpaired) electrons. The molecule has 58 valence electrons. The fraction of sp³-hybridized carbons (Fsp3) is 0.625. The molecule has 0 N–H and O–H groups in total. The largest absolute Gasteiger partial charge is 0.299 e. The van der Waals surface area contributed by atoms with Crippen molar-refractivity contribution in [3.63, 3.8) is 0 Å². The summed E-state index contributed by atoms with van der Waals surface area (Å²) in [5.74, 6) is 1.80. The Morgan fingerprint density at radius 1 is 1.50 bits per heavy atom. The van der Waals surface area contributed by atoms with E-state index in [1.54, 1.807) is 18.7 Å². The minimum atomic E-state index is 0.244. The van der Waals surface area contributed by atoms with Crippen LogP contribution in [0.1, 0.15) is 20.3 Å². The zero-order valence-corrected chi connectivity index (χ0v) is 7.46. The third kappa shape index (κ3) is 5.89. The van der Waals surface area contributed by atoms with Crippen molar-refractivity contribution in [3.8, 4) is 0 Å². The minimum absolute atomic E-state index is 0.244. The molecule has 10 heavy (non-hydrogen) atoms. The quantitative estimate of drug-likeness (QED) is 0.571. The van der Waals surface area contributed by atoms with Gasteiger partial charge in [0.2, 0.25) is 0 Å². The molecule has 0 aromatic heterocycles. The van der Waals surface area contributed by atoms with Gasteiger partial charge in [0.15, 0.2) is 0 Å². The molecule has 0 aromatic rings. The summed E-state index contributed by atoms with van der Waals surface area (Å²) in [5, 5.41) is 0. The number of ketones is 1. The maximum atomic E-state index is 10.5. The lowest BCUT2D eigenvalue weighted by molar-refractivity contribution is -0.114. The average molecular weight is 158 g/mol. The van der Waals surface area contributed by atoms with Crippen molar-refractivity contribution in [2.75, 3.05) is 11.5 Å². The monoisotopic (exact) mass is 158 g/mol. The number of thioether (sulfide) groups is 1. The van der Waals surface area contributed by atoms with Crippen molar-refractivity contribution in [1.82, 2.24) is 0 Å². The Bertz CT molecular complexity index is 129. The number of hydrogen-bond acceptors (Lipinski definition) is 2. The Morgan fingerprint density at radius 2 is 2.10 bits per heavy atom. The summed E-state index contributed by atoms with van der Waals surface area (Å²) >= 11 is 1.64. The van der Waals surface area contributed by atoms with Gasteiger partial charge in [-0.05, 0) is 13.3 Å². The van der Waals surface area contributed by atoms with Crippen molar-refractivity contribution in [2.24, 2.45) is 0 Å². The molecule has 0 atom stereocenters. The molecule has 0 spiro atoms. The van der Waals surface area contributed by atoms with E-state index in [1.807, 2.05) is 0 Å². The van der Waals surface area contributed by atoms with Crippen molar-refractivity contribution in [1.29, 1.82) is 0 Å². The predicted molar refractivity (Wildman–Crippen MR) is 47.4 cm³/mol. The minimum Gasteiger partial charge on any atom is -0.299 e. The summed E-state index contributed by atoms with van der Waals surface area (Å²) in [5.41, 5.74) is 1.21. The SMILES string of the molecule is C=C(CC)CSCC(C)=O. The van der Waals surface area contributed by atoms with Gasteiger partial charge in [-0.15, -0.1) is 11.8 Å². The Balaban J connectivity index is 3.20. The second-order valence-corrected chi connectivity index (χ2v) is 3.28. The first-order valence-electron chi connectivity index (χ1n) is 3.40. The number of rotatable bonds is 5. The number of carbonyl (C=O) groups is 1. The highest BCUT2D eigenvalue weighted by Crippen LogP contribution is 2.08. The highest BCUT2D eigenvalue weighted by molar-refractivity contribution is 8.00. The van der Waals surface area contributed by atoms with E-state index in [1.165, 1.54) is 5.57 Å². The van der Waals surface area contributed by atoms with E-state index in [0.29, 0.717) is 5.75 Å². The molecule has 0 bridgehead atoms. The summed E-state index contributed by atoms with van der Waals surface area (Å²) in [7, 11) is 0. The van der Waals surface area contributed by atoms with Crippen LogP contribution in [0.3, 0.4) is 0 Å². The Labute approximate surface area is 66.9 Å². The summed E-state index contributed by atoms with van der Waals surface area (Å²) in [6.07, 6.45) is 1.02. The highest BCUT2D eigenvalue weighted by Gasteiger charge is 1.94. The zero-order chi connectivity index (χ0) is 7.98. The van der Waals surface area contributed by atoms with Crippen LogP contribution in [0.2, 0.25) is 0 Å². The van der Waals surface area contributed by atoms with Gasteiger partial charge in [-0.1, -0.05) is 19.1 Å². The molecular formula is C8H14OS. The van der Waals surface area contributed by atoms with E-state index in [4.69, 9.17) is 0 Å². The number of carbonyl (C=O) groups excluding carboxylic acids is 1. The van der Waals surface area contributed by atoms with Gasteiger partial charge in [0.05, 0.1) is 5.75 Å². The summed E-state index contributed by atoms with van der Waals surface area (Å²) < 4.78 is 0. The summed E-state index contributed by atoms with van der Waals surface area (Å²) in [6.45, 7) is 7.53. The first kappa shape index (κ1) is 9.76. The molecule has 2 heteroatoms. The molecule has 0 aromatic carbocycles. The van der Waals surface area contributed by atoms with E-state index in [0.717, 1.165) is 12.2 Å². The van der Waals surface area contributed by atoms with Gasteiger partial charge in [0.25, 0.3) is 0 Å². The molecule has 0 fully saturated rings. The van der Waals surface area contributed by atoms with Crippen LogP contribution in [-0.2, 0) is 4.79 Å². The van der Waals surface area contributed by atoms with Gasteiger partial charge >= 0.3 is 0 Å². The van der Waals surface area contributed by atoms with E-state index in [9.17, 15) is 4.79 Å². The van der Waals surface area contributed by atoms with Gasteiger partial charge in [-0.2, -0.15) is 0 Å². The standard InChI is InChI=1S/C8H14OS/c1-4-7(2)5-10-6-8(3)9/h2,4-6H2,1,3H3. The van der Waals surface area contributed by atoms with Gasteiger partial charge in [0.1, 0.15) is 5.78 Å². The van der Waals surface area contributed by atoms with E-state index in [2.05, 4.69) is 13.5 Å². The molecular weight excluding hydrogens is 144 g/mol. The lowest BCUT2D eigenvalue weighted by atomic mass is 10.3. The predicted octanol–water partition coefficient (Wildman–Crippen LogP) is 2.27. The molecule has 1 nitrogen and oxygen atoms in total. The van der Waals surface area contributed by atoms with Crippen molar-refractivity contribution >= 4 is 17.5 Å². The van der Waals surface area contributed by atoms with Crippen molar-refractivity contribution in [3.05, 3.63) is 12.2 Å².